The predicted molar refractivity (Wildman–Crippen MR) is 83.6 cm³/mol. The Balaban J connectivity index is 1.82. The maximum atomic E-state index is 12.4. The molecule has 3 aromatic rings. The van der Waals surface area contributed by atoms with Crippen molar-refractivity contribution in [3.8, 4) is 0 Å². The lowest BCUT2D eigenvalue weighted by Gasteiger charge is -2.16. The van der Waals surface area contributed by atoms with Gasteiger partial charge in [-0.15, -0.1) is 11.3 Å². The smallest absolute Gasteiger partial charge is 0.255 e. The molecule has 0 aliphatic carbocycles. The van der Waals surface area contributed by atoms with Gasteiger partial charge in [0.25, 0.3) is 5.91 Å². The minimum Gasteiger partial charge on any atom is -0.337 e. The summed E-state index contributed by atoms with van der Waals surface area (Å²) in [4.78, 5) is 23.6. The van der Waals surface area contributed by atoms with Gasteiger partial charge in [-0.3, -0.25) is 4.79 Å². The molecule has 3 rings (SSSR count). The van der Waals surface area contributed by atoms with Crippen LogP contribution in [0.1, 0.15) is 15.2 Å². The van der Waals surface area contributed by atoms with Crippen molar-refractivity contribution >= 4 is 40.0 Å². The molecule has 0 saturated heterocycles. The molecular weight excluding hydrogens is 308 g/mol. The van der Waals surface area contributed by atoms with Gasteiger partial charge in [-0.1, -0.05) is 11.6 Å². The Bertz CT molecular complexity index is 810. The summed E-state index contributed by atoms with van der Waals surface area (Å²) in [5, 5.41) is 0. The quantitative estimate of drug-likeness (QED) is 0.745. The maximum Gasteiger partial charge on any atom is 0.255 e. The number of fused-ring (bicyclic) bond motifs is 1. The van der Waals surface area contributed by atoms with Crippen molar-refractivity contribution < 1.29 is 4.79 Å². The average molecular weight is 321 g/mol. The Kier molecular flexibility index (Phi) is 3.65. The van der Waals surface area contributed by atoms with E-state index in [1.807, 2.05) is 23.7 Å². The number of carbonyl (C=O) groups is 1. The lowest BCUT2D eigenvalue weighted by molar-refractivity contribution is 0.0786. The predicted octanol–water partition coefficient (Wildman–Crippen LogP) is 2.96. The number of thiophene rings is 1. The number of hydrogen-bond donors (Lipinski definition) is 0. The number of halogens is 1. The number of amides is 1. The summed E-state index contributed by atoms with van der Waals surface area (Å²) in [6.45, 7) is 0.524. The Morgan fingerprint density at radius 1 is 1.43 bits per heavy atom. The van der Waals surface area contributed by atoms with E-state index in [0.29, 0.717) is 12.1 Å². The monoisotopic (exact) mass is 320 g/mol. The topological polar surface area (TPSA) is 51.0 Å². The first-order chi connectivity index (χ1) is 10.0. The normalized spacial score (nSPS) is 11.0. The molecule has 0 atom stereocenters. The molecule has 0 bridgehead atoms. The fourth-order valence-electron chi connectivity index (χ4n) is 2.10. The molecule has 0 unspecified atom stereocenters. The lowest BCUT2D eigenvalue weighted by atomic mass is 10.2. The molecule has 0 N–H and O–H groups in total. The Morgan fingerprint density at radius 3 is 2.95 bits per heavy atom. The maximum absolute atomic E-state index is 12.4. The second kappa shape index (κ2) is 5.46. The van der Waals surface area contributed by atoms with E-state index in [4.69, 9.17) is 11.6 Å². The first-order valence-electron chi connectivity index (χ1n) is 6.31. The van der Waals surface area contributed by atoms with Crippen LogP contribution in [0.2, 0.25) is 4.34 Å². The van der Waals surface area contributed by atoms with E-state index in [-0.39, 0.29) is 5.91 Å². The Morgan fingerprint density at radius 2 is 2.24 bits per heavy atom. The van der Waals surface area contributed by atoms with Gasteiger partial charge < -0.3 is 9.47 Å². The van der Waals surface area contributed by atoms with Gasteiger partial charge >= 0.3 is 0 Å². The number of aryl methyl sites for hydroxylation is 1. The van der Waals surface area contributed by atoms with Crippen LogP contribution in [-0.2, 0) is 13.6 Å². The summed E-state index contributed by atoms with van der Waals surface area (Å²) in [7, 11) is 3.63. The molecule has 0 aliphatic rings. The standard InChI is InChI=1S/C14H13ClN4OS/c1-18(7-10-3-4-12(15)21-10)14(20)9-5-11-13(16-6-9)19(2)8-17-11/h3-6,8H,7H2,1-2H3. The number of carbonyl (C=O) groups excluding carboxylic acids is 1. The van der Waals surface area contributed by atoms with E-state index in [1.54, 1.807) is 30.5 Å². The van der Waals surface area contributed by atoms with Crippen molar-refractivity contribution in [1.82, 2.24) is 19.4 Å². The highest BCUT2D eigenvalue weighted by atomic mass is 35.5. The molecular formula is C14H13ClN4OS. The number of pyridine rings is 1. The van der Waals surface area contributed by atoms with Gasteiger partial charge in [0.1, 0.15) is 5.52 Å². The SMILES string of the molecule is CN(Cc1ccc(Cl)s1)C(=O)c1cnc2c(c1)ncn2C. The highest BCUT2D eigenvalue weighted by Gasteiger charge is 2.15. The van der Waals surface area contributed by atoms with E-state index in [9.17, 15) is 4.79 Å². The first kappa shape index (κ1) is 14.0. The molecule has 0 aliphatic heterocycles. The number of imidazole rings is 1. The summed E-state index contributed by atoms with van der Waals surface area (Å²) in [5.74, 6) is -0.0837. The van der Waals surface area contributed by atoms with Crippen LogP contribution in [0.3, 0.4) is 0 Å². The van der Waals surface area contributed by atoms with Crippen molar-refractivity contribution in [1.29, 1.82) is 0 Å². The van der Waals surface area contributed by atoms with Gasteiger partial charge in [-0.2, -0.15) is 0 Å². The average Bonchev–Trinajstić information content (AvgIpc) is 3.04. The molecule has 1 amide bonds. The van der Waals surface area contributed by atoms with Crippen molar-refractivity contribution in [2.45, 2.75) is 6.54 Å². The van der Waals surface area contributed by atoms with Gasteiger partial charge in [-0.25, -0.2) is 9.97 Å². The minimum absolute atomic E-state index is 0.0837. The molecule has 3 heterocycles. The fraction of sp³-hybridized carbons (Fsp3) is 0.214. The van der Waals surface area contributed by atoms with Crippen LogP contribution in [-0.4, -0.2) is 32.4 Å². The van der Waals surface area contributed by atoms with Gasteiger partial charge in [0.15, 0.2) is 5.65 Å². The largest absolute Gasteiger partial charge is 0.337 e. The zero-order valence-electron chi connectivity index (χ0n) is 11.6. The van der Waals surface area contributed by atoms with E-state index >= 15 is 0 Å². The molecule has 108 valence electrons. The molecule has 21 heavy (non-hydrogen) atoms. The van der Waals surface area contributed by atoms with Crippen molar-refractivity contribution in [2.24, 2.45) is 7.05 Å². The minimum atomic E-state index is -0.0837. The van der Waals surface area contributed by atoms with Gasteiger partial charge in [0.05, 0.1) is 22.8 Å². The molecule has 0 spiro atoms. The van der Waals surface area contributed by atoms with E-state index in [2.05, 4.69) is 9.97 Å². The summed E-state index contributed by atoms with van der Waals surface area (Å²) in [6, 6.07) is 5.53. The van der Waals surface area contributed by atoms with Crippen LogP contribution >= 0.6 is 22.9 Å². The lowest BCUT2D eigenvalue weighted by Crippen LogP contribution is -2.25. The molecule has 5 nitrogen and oxygen atoms in total. The summed E-state index contributed by atoms with van der Waals surface area (Å²) >= 11 is 7.38. The van der Waals surface area contributed by atoms with Gasteiger partial charge in [0.2, 0.25) is 0 Å². The van der Waals surface area contributed by atoms with Crippen LogP contribution in [0.15, 0.2) is 30.7 Å². The van der Waals surface area contributed by atoms with E-state index < -0.39 is 0 Å². The molecule has 0 fully saturated rings. The number of nitrogens with zero attached hydrogens (tertiary/aromatic N) is 4. The number of aromatic nitrogens is 3. The van der Waals surface area contributed by atoms with Crippen LogP contribution in [0.4, 0.5) is 0 Å². The molecule has 0 radical (unpaired) electrons. The zero-order chi connectivity index (χ0) is 15.0. The van der Waals surface area contributed by atoms with E-state index in [0.717, 1.165) is 20.4 Å². The zero-order valence-corrected chi connectivity index (χ0v) is 13.1. The third kappa shape index (κ3) is 2.77. The summed E-state index contributed by atoms with van der Waals surface area (Å²) in [6.07, 6.45) is 3.27. The number of hydrogen-bond acceptors (Lipinski definition) is 4. The van der Waals surface area contributed by atoms with Gasteiger partial charge in [0, 0.05) is 25.2 Å². The van der Waals surface area contributed by atoms with Gasteiger partial charge in [-0.05, 0) is 18.2 Å². The van der Waals surface area contributed by atoms with Crippen LogP contribution in [0.25, 0.3) is 11.2 Å². The van der Waals surface area contributed by atoms with Crippen LogP contribution in [0.5, 0.6) is 0 Å². The first-order valence-corrected chi connectivity index (χ1v) is 7.51. The van der Waals surface area contributed by atoms with Crippen molar-refractivity contribution in [3.63, 3.8) is 0 Å². The van der Waals surface area contributed by atoms with E-state index in [1.165, 1.54) is 11.3 Å². The van der Waals surface area contributed by atoms with Crippen LogP contribution in [0, 0.1) is 0 Å². The number of rotatable bonds is 3. The highest BCUT2D eigenvalue weighted by Crippen LogP contribution is 2.23. The van der Waals surface area contributed by atoms with Crippen molar-refractivity contribution in [2.75, 3.05) is 7.05 Å². The molecule has 0 aromatic carbocycles. The third-order valence-electron chi connectivity index (χ3n) is 3.17. The van der Waals surface area contributed by atoms with Crippen molar-refractivity contribution in [3.05, 3.63) is 45.5 Å². The summed E-state index contributed by atoms with van der Waals surface area (Å²) < 4.78 is 2.54. The Hall–Kier alpha value is -1.92. The Labute approximate surface area is 130 Å². The third-order valence-corrected chi connectivity index (χ3v) is 4.38. The summed E-state index contributed by atoms with van der Waals surface area (Å²) in [5.41, 5.74) is 2.02. The highest BCUT2D eigenvalue weighted by molar-refractivity contribution is 7.16. The fourth-order valence-corrected chi connectivity index (χ4v) is 3.24. The second-order valence-corrected chi connectivity index (χ2v) is 6.59. The molecule has 0 saturated carbocycles. The van der Waals surface area contributed by atoms with Crippen LogP contribution < -0.4 is 0 Å². The second-order valence-electron chi connectivity index (χ2n) is 4.79. The molecule has 3 aromatic heterocycles. The molecule has 7 heteroatoms.